The fraction of sp³-hybridized carbons (Fsp3) is 0.655. The molecule has 0 aliphatic heterocycles. The molecule has 0 aliphatic rings. The van der Waals surface area contributed by atoms with E-state index in [1.807, 2.05) is 0 Å². The number of hydrogen-bond acceptors (Lipinski definition) is 14. The van der Waals surface area contributed by atoms with Crippen molar-refractivity contribution in [2.45, 2.75) is 90.5 Å². The molecular formula is C29H47N5O10. The number of hydrogen-bond donors (Lipinski definition) is 4. The van der Waals surface area contributed by atoms with Gasteiger partial charge in [-0.1, -0.05) is 13.2 Å². The number of aliphatic imine (C=N–C) groups is 1. The van der Waals surface area contributed by atoms with Crippen LogP contribution < -0.4 is 5.73 Å². The fourth-order valence-electron chi connectivity index (χ4n) is 2.75. The van der Waals surface area contributed by atoms with Crippen LogP contribution in [0.15, 0.2) is 39.5 Å². The molecule has 0 aliphatic carbocycles. The Balaban J connectivity index is 4.59. The van der Waals surface area contributed by atoms with Crippen LogP contribution in [0.3, 0.4) is 0 Å². The molecule has 248 valence electrons. The maximum absolute atomic E-state index is 12.0. The van der Waals surface area contributed by atoms with Gasteiger partial charge in [-0.3, -0.25) is 14.6 Å². The summed E-state index contributed by atoms with van der Waals surface area (Å²) in [5, 5.41) is 36.4. The first-order valence-corrected chi connectivity index (χ1v) is 13.9. The summed E-state index contributed by atoms with van der Waals surface area (Å²) >= 11 is 0. The number of nitrogens with one attached hydrogen (secondary N) is 1. The monoisotopic (exact) mass is 625 g/mol. The number of esters is 4. The summed E-state index contributed by atoms with van der Waals surface area (Å²) in [5.74, 6) is -2.42. The van der Waals surface area contributed by atoms with Crippen LogP contribution in [0.2, 0.25) is 0 Å². The number of azo groups is 1. The van der Waals surface area contributed by atoms with E-state index in [1.165, 1.54) is 13.8 Å². The van der Waals surface area contributed by atoms with E-state index in [1.54, 1.807) is 27.7 Å². The van der Waals surface area contributed by atoms with E-state index in [0.717, 1.165) is 0 Å². The lowest BCUT2D eigenvalue weighted by molar-refractivity contribution is -0.151. The molecule has 0 heterocycles. The lowest BCUT2D eigenvalue weighted by Crippen LogP contribution is -2.38. The third-order valence-corrected chi connectivity index (χ3v) is 5.71. The van der Waals surface area contributed by atoms with Gasteiger partial charge in [0.1, 0.15) is 55.5 Å². The van der Waals surface area contributed by atoms with Crippen molar-refractivity contribution in [1.82, 2.24) is 0 Å². The molecule has 0 rings (SSSR count). The molecule has 0 spiro atoms. The Kier molecular flexibility index (Phi) is 17.6. The minimum Gasteiger partial charge on any atom is -0.463 e. The van der Waals surface area contributed by atoms with Gasteiger partial charge in [0.2, 0.25) is 0 Å². The number of ether oxygens (including phenoxy) is 4. The third-order valence-electron chi connectivity index (χ3n) is 5.71. The Labute approximate surface area is 258 Å². The molecule has 0 aromatic carbocycles. The molecule has 0 bridgehead atoms. The van der Waals surface area contributed by atoms with Crippen molar-refractivity contribution in [3.8, 4) is 0 Å². The highest BCUT2D eigenvalue weighted by Gasteiger charge is 2.28. The molecule has 0 aromatic rings. The molecule has 0 fully saturated rings. The zero-order valence-corrected chi connectivity index (χ0v) is 26.5. The minimum absolute atomic E-state index is 0.00281. The highest BCUT2D eigenvalue weighted by Crippen LogP contribution is 2.20. The number of aliphatic hydroxyl groups excluding tert-OH is 2. The van der Waals surface area contributed by atoms with Gasteiger partial charge in [0.25, 0.3) is 0 Å². The number of aliphatic hydroxyl groups is 2. The Bertz CT molecular complexity index is 1110. The molecule has 0 radical (unpaired) electrons. The molecule has 0 saturated heterocycles. The zero-order chi connectivity index (χ0) is 34.1. The van der Waals surface area contributed by atoms with Gasteiger partial charge in [0, 0.05) is 23.3 Å². The van der Waals surface area contributed by atoms with E-state index in [0.29, 0.717) is 6.42 Å². The summed E-state index contributed by atoms with van der Waals surface area (Å²) in [6, 6.07) is 0. The van der Waals surface area contributed by atoms with Crippen molar-refractivity contribution in [2.24, 2.45) is 21.0 Å². The Morgan fingerprint density at radius 1 is 0.750 bits per heavy atom. The lowest BCUT2D eigenvalue weighted by atomic mass is 9.95. The second-order valence-corrected chi connectivity index (χ2v) is 11.1. The number of nitrogens with zero attached hydrogens (tertiary/aromatic N) is 3. The molecule has 5 N–H and O–H groups in total. The van der Waals surface area contributed by atoms with Crippen LogP contribution in [0.1, 0.15) is 67.2 Å². The molecule has 0 amide bonds. The summed E-state index contributed by atoms with van der Waals surface area (Å²) in [6.07, 6.45) is -1.93. The van der Waals surface area contributed by atoms with Gasteiger partial charge in [-0.2, -0.15) is 10.2 Å². The Hall–Kier alpha value is -3.98. The SMILES string of the molecule is C=C(C)C(=O)OCC(O)COC(=O)CCCC(=N)C(C)(C)N=NC(C)(C)C(N)=NCCC(=O)OCC(O)COC(=O)C(=C)C. The first kappa shape index (κ1) is 40.0. The number of rotatable bonds is 21. The van der Waals surface area contributed by atoms with Gasteiger partial charge < -0.3 is 40.3 Å². The van der Waals surface area contributed by atoms with E-state index < -0.39 is 47.2 Å². The van der Waals surface area contributed by atoms with Crippen molar-refractivity contribution in [2.75, 3.05) is 33.0 Å². The van der Waals surface area contributed by atoms with Gasteiger partial charge in [0.05, 0.1) is 13.0 Å². The molecule has 2 unspecified atom stereocenters. The quantitative estimate of drug-likeness (QED) is 0.0359. The van der Waals surface area contributed by atoms with E-state index in [-0.39, 0.29) is 74.9 Å². The highest BCUT2D eigenvalue weighted by molar-refractivity contribution is 5.91. The molecular weight excluding hydrogens is 578 g/mol. The van der Waals surface area contributed by atoms with E-state index in [9.17, 15) is 29.4 Å². The predicted molar refractivity (Wildman–Crippen MR) is 161 cm³/mol. The van der Waals surface area contributed by atoms with Gasteiger partial charge in [-0.25, -0.2) is 9.59 Å². The van der Waals surface area contributed by atoms with E-state index in [2.05, 4.69) is 28.4 Å². The lowest BCUT2D eigenvalue weighted by Gasteiger charge is -2.23. The first-order chi connectivity index (χ1) is 20.3. The van der Waals surface area contributed by atoms with Crippen molar-refractivity contribution in [3.63, 3.8) is 0 Å². The molecule has 0 saturated carbocycles. The van der Waals surface area contributed by atoms with Crippen LogP contribution in [-0.2, 0) is 38.1 Å². The molecule has 15 nitrogen and oxygen atoms in total. The van der Waals surface area contributed by atoms with Crippen LogP contribution in [0, 0.1) is 5.41 Å². The van der Waals surface area contributed by atoms with Crippen LogP contribution >= 0.6 is 0 Å². The zero-order valence-electron chi connectivity index (χ0n) is 26.5. The Morgan fingerprint density at radius 2 is 1.16 bits per heavy atom. The molecule has 44 heavy (non-hydrogen) atoms. The van der Waals surface area contributed by atoms with Gasteiger partial charge >= 0.3 is 23.9 Å². The summed E-state index contributed by atoms with van der Waals surface area (Å²) in [5.41, 5.74) is 4.60. The number of amidine groups is 1. The fourth-order valence-corrected chi connectivity index (χ4v) is 2.75. The van der Waals surface area contributed by atoms with Crippen molar-refractivity contribution >= 4 is 35.4 Å². The first-order valence-electron chi connectivity index (χ1n) is 13.9. The molecule has 2 atom stereocenters. The molecule has 15 heteroatoms. The van der Waals surface area contributed by atoms with E-state index in [4.69, 9.17) is 30.1 Å². The largest absolute Gasteiger partial charge is 0.463 e. The smallest absolute Gasteiger partial charge is 0.333 e. The van der Waals surface area contributed by atoms with Crippen molar-refractivity contribution in [3.05, 3.63) is 24.3 Å². The number of carbonyl (C=O) groups excluding carboxylic acids is 4. The van der Waals surface area contributed by atoms with Crippen molar-refractivity contribution < 1.29 is 48.3 Å². The summed E-state index contributed by atoms with van der Waals surface area (Å²) < 4.78 is 19.5. The van der Waals surface area contributed by atoms with Gasteiger partial charge in [-0.15, -0.1) is 0 Å². The van der Waals surface area contributed by atoms with Crippen LogP contribution in [0.4, 0.5) is 0 Å². The van der Waals surface area contributed by atoms with Crippen LogP contribution in [-0.4, -0.2) is 102 Å². The minimum atomic E-state index is -1.18. The van der Waals surface area contributed by atoms with Crippen LogP contribution in [0.25, 0.3) is 0 Å². The maximum Gasteiger partial charge on any atom is 0.333 e. The topological polar surface area (TPSA) is 233 Å². The summed E-state index contributed by atoms with van der Waals surface area (Å²) in [7, 11) is 0. The second-order valence-electron chi connectivity index (χ2n) is 11.1. The van der Waals surface area contributed by atoms with E-state index >= 15 is 0 Å². The average molecular weight is 626 g/mol. The Morgan fingerprint density at radius 3 is 1.61 bits per heavy atom. The normalized spacial score (nSPS) is 13.5. The number of nitrogens with two attached hydrogens (primary N) is 1. The standard InChI is InChI=1S/C29H47N5O10/c1-18(2)25(39)43-16-20(35)14-41-23(37)11-9-10-22(30)28(5,6)33-34-29(7,8)27(31)32-13-12-24(38)42-15-21(36)17-44-26(40)19(3)4/h20-21,30,35-36H,1,3,9-17H2,2,4-8H3,(H2,31,32). The van der Waals surface area contributed by atoms with Crippen LogP contribution in [0.5, 0.6) is 0 Å². The highest BCUT2D eigenvalue weighted by atomic mass is 16.6. The van der Waals surface area contributed by atoms with Crippen molar-refractivity contribution in [1.29, 1.82) is 5.41 Å². The van der Waals surface area contributed by atoms with Gasteiger partial charge in [0.15, 0.2) is 0 Å². The number of carbonyl (C=O) groups is 4. The summed E-state index contributed by atoms with van der Waals surface area (Å²) in [4.78, 5) is 50.7. The second kappa shape index (κ2) is 19.3. The predicted octanol–water partition coefficient (Wildman–Crippen LogP) is 1.98. The summed E-state index contributed by atoms with van der Waals surface area (Å²) in [6.45, 7) is 15.1. The average Bonchev–Trinajstić information content (AvgIpc) is 2.94. The third kappa shape index (κ3) is 17.2. The maximum atomic E-state index is 12.0. The van der Waals surface area contributed by atoms with Gasteiger partial charge in [-0.05, 0) is 54.4 Å². The molecule has 0 aromatic heterocycles.